The minimum Gasteiger partial charge on any atom is -0.489 e. The number of aliphatic hydroxyl groups excluding tert-OH is 1. The molecule has 372 valence electrons. The standard InChI is InChI=1S/C54H60ClN7O8S/c1-30(32-10-12-34(13-11-32)45-31(2)58-29-71-45)59-48(67)41-24-37(63)28-62(41)49(68)46(52(3,4)5)60-43(65)22-21-42(64)33-14-18-38(19-15-33)69-44-23-17-36(27-57-44)47(66)61-50-53(6,7)51(54(50,8)9)70-39-20-16-35(26-56)40(55)25-39/h10-20,23,25,27,29-30,37,41,46,50-51,63H,21-22,24,28H2,1-9H3,(H,59,67)(H,60,65)(H,61,66)/t30-,37+,41-,46+,50?,51?/m0/s1. The number of thiazole rings is 1. The lowest BCUT2D eigenvalue weighted by atomic mass is 9.49. The lowest BCUT2D eigenvalue weighted by Crippen LogP contribution is -2.74. The first-order valence-electron chi connectivity index (χ1n) is 23.5. The second-order valence-corrected chi connectivity index (χ2v) is 21.9. The molecule has 4 amide bonds. The van der Waals surface area contributed by atoms with Gasteiger partial charge in [-0.1, -0.05) is 84.3 Å². The first kappa shape index (κ1) is 52.2. The fourth-order valence-corrected chi connectivity index (χ4v) is 10.9. The van der Waals surface area contributed by atoms with Gasteiger partial charge < -0.3 is 35.4 Å². The fourth-order valence-electron chi connectivity index (χ4n) is 9.83. The Labute approximate surface area is 423 Å². The van der Waals surface area contributed by atoms with Crippen molar-refractivity contribution in [2.24, 2.45) is 16.2 Å². The Kier molecular flexibility index (Phi) is 15.4. The molecule has 5 aromatic rings. The average Bonchev–Trinajstić information content (AvgIpc) is 3.95. The molecule has 2 aliphatic rings. The largest absolute Gasteiger partial charge is 0.489 e. The highest BCUT2D eigenvalue weighted by molar-refractivity contribution is 7.13. The molecule has 0 spiro atoms. The van der Waals surface area contributed by atoms with Gasteiger partial charge in [0.2, 0.25) is 23.6 Å². The summed E-state index contributed by atoms with van der Waals surface area (Å²) in [6, 6.07) is 21.8. The number of rotatable bonds is 16. The molecule has 2 fully saturated rings. The van der Waals surface area contributed by atoms with Gasteiger partial charge in [-0.15, -0.1) is 11.3 Å². The van der Waals surface area contributed by atoms with Crippen LogP contribution in [-0.2, 0) is 14.4 Å². The van der Waals surface area contributed by atoms with E-state index in [1.54, 1.807) is 92.2 Å². The number of β-amino-alcohol motifs (C(OH)–C–C–N with tert-alkyl or cyclic N) is 1. The van der Waals surface area contributed by atoms with Gasteiger partial charge >= 0.3 is 0 Å². The molecule has 3 heterocycles. The van der Waals surface area contributed by atoms with Gasteiger partial charge in [0, 0.05) is 66.6 Å². The maximum Gasteiger partial charge on any atom is 0.253 e. The summed E-state index contributed by atoms with van der Waals surface area (Å²) in [5.41, 5.74) is 4.03. The van der Waals surface area contributed by atoms with E-state index in [1.807, 2.05) is 71.9 Å². The molecule has 15 nitrogen and oxygen atoms in total. The van der Waals surface area contributed by atoms with Crippen molar-refractivity contribution in [3.8, 4) is 33.9 Å². The van der Waals surface area contributed by atoms with Crippen LogP contribution in [0.2, 0.25) is 5.02 Å². The van der Waals surface area contributed by atoms with Crippen LogP contribution < -0.4 is 25.4 Å². The van der Waals surface area contributed by atoms with Gasteiger partial charge in [-0.3, -0.25) is 24.0 Å². The lowest BCUT2D eigenvalue weighted by Gasteiger charge is -2.63. The van der Waals surface area contributed by atoms with Crippen LogP contribution in [-0.4, -0.2) is 86.3 Å². The summed E-state index contributed by atoms with van der Waals surface area (Å²) in [4.78, 5) is 79.0. The molecule has 1 aliphatic carbocycles. The lowest BCUT2D eigenvalue weighted by molar-refractivity contribution is -0.164. The maximum atomic E-state index is 14.2. The van der Waals surface area contributed by atoms with Crippen molar-refractivity contribution in [2.75, 3.05) is 6.54 Å². The summed E-state index contributed by atoms with van der Waals surface area (Å²) < 4.78 is 12.2. The van der Waals surface area contributed by atoms with Crippen LogP contribution in [0.4, 0.5) is 0 Å². The SMILES string of the molecule is Cc1ncsc1-c1ccc([C@H](C)NC(=O)[C@@H]2C[C@@H](O)CN2C(=O)[C@@H](NC(=O)CCC(=O)c2ccc(Oc3ccc(C(=O)NC4C(C)(C)C(Oc5ccc(C#N)c(Cl)c5)C4(C)C)cn3)cc2)C(C)(C)C)cc1. The molecule has 4 N–H and O–H groups in total. The number of Topliss-reactive ketones (excluding diaryl/α,β-unsaturated/α-hetero) is 1. The summed E-state index contributed by atoms with van der Waals surface area (Å²) in [7, 11) is 0. The number of amides is 4. The number of nitriles is 1. The van der Waals surface area contributed by atoms with Crippen LogP contribution in [0, 0.1) is 34.5 Å². The molecule has 4 atom stereocenters. The number of carbonyl (C=O) groups is 5. The highest BCUT2D eigenvalue weighted by Crippen LogP contribution is 2.55. The van der Waals surface area contributed by atoms with E-state index in [1.165, 1.54) is 11.1 Å². The van der Waals surface area contributed by atoms with E-state index in [4.69, 9.17) is 21.1 Å². The van der Waals surface area contributed by atoms with E-state index in [9.17, 15) is 34.3 Å². The van der Waals surface area contributed by atoms with Crippen LogP contribution in [0.3, 0.4) is 0 Å². The summed E-state index contributed by atoms with van der Waals surface area (Å²) in [6.07, 6.45) is -0.0312. The molecule has 3 aromatic carbocycles. The van der Waals surface area contributed by atoms with Gasteiger partial charge in [0.25, 0.3) is 5.91 Å². The van der Waals surface area contributed by atoms with Crippen molar-refractivity contribution < 1.29 is 38.6 Å². The monoisotopic (exact) mass is 1000 g/mol. The highest BCUT2D eigenvalue weighted by Gasteiger charge is 2.64. The molecule has 1 saturated carbocycles. The molecule has 0 unspecified atom stereocenters. The zero-order valence-corrected chi connectivity index (χ0v) is 42.9. The first-order chi connectivity index (χ1) is 33.5. The molecule has 0 bridgehead atoms. The van der Waals surface area contributed by atoms with Crippen LogP contribution in [0.15, 0.2) is 90.6 Å². The summed E-state index contributed by atoms with van der Waals surface area (Å²) >= 11 is 7.79. The Morgan fingerprint density at radius 3 is 2.17 bits per heavy atom. The Balaban J connectivity index is 0.884. The van der Waals surface area contributed by atoms with E-state index in [0.29, 0.717) is 33.2 Å². The van der Waals surface area contributed by atoms with Gasteiger partial charge in [-0.2, -0.15) is 5.26 Å². The molecule has 0 radical (unpaired) electrons. The zero-order valence-electron chi connectivity index (χ0n) is 41.3. The number of ketones is 1. The predicted molar refractivity (Wildman–Crippen MR) is 270 cm³/mol. The summed E-state index contributed by atoms with van der Waals surface area (Å²) in [5.74, 6) is -0.850. The molecule has 7 rings (SSSR count). The number of nitrogens with zero attached hydrogens (tertiary/aromatic N) is 4. The Morgan fingerprint density at radius 1 is 0.915 bits per heavy atom. The Hall–Kier alpha value is -6.67. The van der Waals surface area contributed by atoms with Crippen LogP contribution in [0.5, 0.6) is 17.4 Å². The van der Waals surface area contributed by atoms with Crippen molar-refractivity contribution in [3.05, 3.63) is 124 Å². The van der Waals surface area contributed by atoms with Crippen molar-refractivity contribution in [1.82, 2.24) is 30.8 Å². The third-order valence-electron chi connectivity index (χ3n) is 13.5. The number of carbonyl (C=O) groups excluding carboxylic acids is 5. The molecule has 1 aliphatic heterocycles. The Bertz CT molecular complexity index is 2820. The highest BCUT2D eigenvalue weighted by atomic mass is 35.5. The Morgan fingerprint density at radius 2 is 1.58 bits per heavy atom. The minimum atomic E-state index is -1.04. The number of pyridine rings is 1. The van der Waals surface area contributed by atoms with Crippen molar-refractivity contribution in [3.63, 3.8) is 0 Å². The van der Waals surface area contributed by atoms with Crippen molar-refractivity contribution >= 4 is 52.3 Å². The summed E-state index contributed by atoms with van der Waals surface area (Å²) in [6.45, 7) is 17.2. The van der Waals surface area contributed by atoms with Gasteiger partial charge in [0.1, 0.15) is 35.8 Å². The number of nitrogens with one attached hydrogen (secondary N) is 3. The van der Waals surface area contributed by atoms with Crippen LogP contribution in [0.1, 0.15) is 118 Å². The first-order valence-corrected chi connectivity index (χ1v) is 24.8. The van der Waals surface area contributed by atoms with E-state index >= 15 is 0 Å². The predicted octanol–water partition coefficient (Wildman–Crippen LogP) is 8.78. The number of hydrogen-bond donors (Lipinski definition) is 4. The topological polar surface area (TPSA) is 213 Å². The van der Waals surface area contributed by atoms with Gasteiger partial charge in [-0.25, -0.2) is 9.97 Å². The maximum absolute atomic E-state index is 14.2. The van der Waals surface area contributed by atoms with Crippen molar-refractivity contribution in [2.45, 2.75) is 118 Å². The number of aliphatic hydroxyl groups is 1. The van der Waals surface area contributed by atoms with E-state index in [-0.39, 0.29) is 61.6 Å². The molecule has 17 heteroatoms. The van der Waals surface area contributed by atoms with Crippen LogP contribution in [0.25, 0.3) is 10.4 Å². The number of benzene rings is 3. The average molecular weight is 1000 g/mol. The third kappa shape index (κ3) is 11.6. The second kappa shape index (κ2) is 21.0. The quantitative estimate of drug-likeness (QED) is 0.0686. The number of halogens is 1. The van der Waals surface area contributed by atoms with E-state index in [2.05, 4.69) is 25.9 Å². The fraction of sp³-hybridized carbons (Fsp3) is 0.407. The molecular formula is C54H60ClN7O8S. The van der Waals surface area contributed by atoms with E-state index < -0.39 is 52.2 Å². The third-order valence-corrected chi connectivity index (χ3v) is 14.8. The second-order valence-electron chi connectivity index (χ2n) is 20.6. The number of aromatic nitrogens is 2. The molecule has 2 aromatic heterocycles. The summed E-state index contributed by atoms with van der Waals surface area (Å²) in [5, 5.41) is 29.2. The van der Waals surface area contributed by atoms with Gasteiger partial charge in [-0.05, 0) is 72.9 Å². The number of ether oxygens (including phenoxy) is 2. The smallest absolute Gasteiger partial charge is 0.253 e. The molecule has 1 saturated heterocycles. The number of likely N-dealkylation sites (tertiary alicyclic amines) is 1. The normalized spacial score (nSPS) is 19.8. The molecule has 71 heavy (non-hydrogen) atoms. The minimum absolute atomic E-state index is 0.0513. The van der Waals surface area contributed by atoms with Gasteiger partial charge in [0.05, 0.1) is 44.4 Å². The number of aryl methyl sites for hydroxylation is 1. The van der Waals surface area contributed by atoms with Crippen LogP contribution >= 0.6 is 22.9 Å². The number of hydrogen-bond acceptors (Lipinski definition) is 12. The zero-order chi connectivity index (χ0) is 51.6. The molecular weight excluding hydrogens is 942 g/mol. The van der Waals surface area contributed by atoms with E-state index in [0.717, 1.165) is 21.7 Å². The van der Waals surface area contributed by atoms with Crippen molar-refractivity contribution in [1.29, 1.82) is 5.26 Å². The van der Waals surface area contributed by atoms with Gasteiger partial charge in [0.15, 0.2) is 5.78 Å².